The molecule has 0 radical (unpaired) electrons. The summed E-state index contributed by atoms with van der Waals surface area (Å²) in [6.07, 6.45) is 2.89. The first kappa shape index (κ1) is 15.7. The molecule has 0 aliphatic heterocycles. The van der Waals surface area contributed by atoms with Crippen LogP contribution in [0.25, 0.3) is 0 Å². The third-order valence-corrected chi connectivity index (χ3v) is 3.74. The van der Waals surface area contributed by atoms with Crippen LogP contribution in [0.1, 0.15) is 19.8 Å². The average molecular weight is 284 g/mol. The van der Waals surface area contributed by atoms with Gasteiger partial charge in [-0.3, -0.25) is 9.56 Å². The number of rotatable bonds is 7. The highest BCUT2D eigenvalue weighted by molar-refractivity contribution is 7.85. The lowest BCUT2D eigenvalue weighted by Gasteiger charge is -2.13. The van der Waals surface area contributed by atoms with E-state index in [1.165, 1.54) is 0 Å². The van der Waals surface area contributed by atoms with Gasteiger partial charge in [0.1, 0.15) is 0 Å². The van der Waals surface area contributed by atoms with E-state index in [4.69, 9.17) is 4.55 Å². The van der Waals surface area contributed by atoms with Gasteiger partial charge in [-0.15, -0.1) is 0 Å². The minimum absolute atomic E-state index is 0.108. The molecule has 19 heavy (non-hydrogen) atoms. The number of para-hydroxylation sites is 1. The summed E-state index contributed by atoms with van der Waals surface area (Å²) in [5.74, 6) is -0.326. The van der Waals surface area contributed by atoms with Gasteiger partial charge in [0, 0.05) is 13.3 Å². The molecule has 0 fully saturated rings. The monoisotopic (exact) mass is 284 g/mol. The Balaban J connectivity index is 2.53. The molecule has 0 heterocycles. The predicted octanol–water partition coefficient (Wildman–Crippen LogP) is 2.41. The van der Waals surface area contributed by atoms with Crippen LogP contribution in [0.15, 0.2) is 35.4 Å². The van der Waals surface area contributed by atoms with E-state index in [9.17, 15) is 8.42 Å². The molecule has 1 aromatic carbocycles. The number of hydrogen-bond acceptors (Lipinski definition) is 4. The molecule has 106 valence electrons. The van der Waals surface area contributed by atoms with Crippen molar-refractivity contribution in [1.82, 2.24) is 0 Å². The van der Waals surface area contributed by atoms with E-state index in [1.54, 1.807) is 11.2 Å². The van der Waals surface area contributed by atoms with Gasteiger partial charge in [0.2, 0.25) is 0 Å². The third kappa shape index (κ3) is 6.35. The molecule has 0 aliphatic rings. The summed E-state index contributed by atoms with van der Waals surface area (Å²) in [7, 11) is -2.08. The van der Waals surface area contributed by atoms with Crippen LogP contribution in [0.5, 0.6) is 0 Å². The molecule has 0 saturated carbocycles. The summed E-state index contributed by atoms with van der Waals surface area (Å²) in [5, 5.41) is 5.97. The average Bonchev–Trinajstić information content (AvgIpc) is 2.37. The third-order valence-electron chi connectivity index (χ3n) is 2.85. The van der Waals surface area contributed by atoms with Gasteiger partial charge in [-0.2, -0.15) is 13.5 Å². The van der Waals surface area contributed by atoms with Crippen molar-refractivity contribution in [3.05, 3.63) is 30.3 Å². The first-order valence-electron chi connectivity index (χ1n) is 6.18. The number of nitrogens with zero attached hydrogens (tertiary/aromatic N) is 2. The number of anilines is 1. The topological polar surface area (TPSA) is 70.0 Å². The van der Waals surface area contributed by atoms with Crippen LogP contribution in [-0.2, 0) is 10.1 Å². The predicted molar refractivity (Wildman–Crippen MR) is 78.2 cm³/mol. The normalized spacial score (nSPS) is 13.6. The zero-order valence-corrected chi connectivity index (χ0v) is 12.0. The number of hydrogen-bond donors (Lipinski definition) is 1. The number of benzene rings is 1. The Morgan fingerprint density at radius 3 is 2.53 bits per heavy atom. The Hall–Kier alpha value is -1.40. The van der Waals surface area contributed by atoms with Gasteiger partial charge in [-0.25, -0.2) is 0 Å². The second-order valence-electron chi connectivity index (χ2n) is 4.42. The SMILES string of the molecule is CCC(CC=NN(C)c1ccccc1)CS(=O)(=O)O. The molecule has 6 heteroatoms. The smallest absolute Gasteiger partial charge is 0.265 e. The molecule has 0 aromatic heterocycles. The quantitative estimate of drug-likeness (QED) is 0.474. The molecule has 0 amide bonds. The molecular formula is C13H20N2O3S. The molecule has 0 aliphatic carbocycles. The van der Waals surface area contributed by atoms with Crippen LogP contribution in [0.2, 0.25) is 0 Å². The van der Waals surface area contributed by atoms with Crippen molar-refractivity contribution in [1.29, 1.82) is 0 Å². The van der Waals surface area contributed by atoms with E-state index in [1.807, 2.05) is 44.3 Å². The van der Waals surface area contributed by atoms with Crippen LogP contribution in [-0.4, -0.2) is 32.0 Å². The standard InChI is InChI=1S/C13H20N2O3S/c1-3-12(11-19(16,17)18)9-10-14-15(2)13-7-5-4-6-8-13/h4-8,10,12H,3,9,11H2,1-2H3,(H,16,17,18). The van der Waals surface area contributed by atoms with Gasteiger partial charge in [0.15, 0.2) is 0 Å². The fourth-order valence-electron chi connectivity index (χ4n) is 1.68. The van der Waals surface area contributed by atoms with E-state index in [-0.39, 0.29) is 11.7 Å². The summed E-state index contributed by atoms with van der Waals surface area (Å²) >= 11 is 0. The Morgan fingerprint density at radius 2 is 2.00 bits per heavy atom. The Labute approximate surface area is 114 Å². The zero-order chi connectivity index (χ0) is 14.3. The van der Waals surface area contributed by atoms with E-state index < -0.39 is 10.1 Å². The summed E-state index contributed by atoms with van der Waals surface area (Å²) in [6, 6.07) is 9.66. The molecule has 0 bridgehead atoms. The molecule has 1 rings (SSSR count). The lowest BCUT2D eigenvalue weighted by molar-refractivity contribution is 0.463. The van der Waals surface area contributed by atoms with Crippen molar-refractivity contribution in [2.75, 3.05) is 17.8 Å². The van der Waals surface area contributed by atoms with Crippen molar-refractivity contribution >= 4 is 22.0 Å². The molecule has 1 N–H and O–H groups in total. The van der Waals surface area contributed by atoms with E-state index in [2.05, 4.69) is 5.10 Å². The van der Waals surface area contributed by atoms with Crippen molar-refractivity contribution in [3.63, 3.8) is 0 Å². The molecule has 1 atom stereocenters. The van der Waals surface area contributed by atoms with Crippen LogP contribution in [0.4, 0.5) is 5.69 Å². The van der Waals surface area contributed by atoms with Crippen molar-refractivity contribution in [2.24, 2.45) is 11.0 Å². The Bertz CT molecular complexity index is 500. The summed E-state index contributed by atoms with van der Waals surface area (Å²) < 4.78 is 30.5. The second-order valence-corrected chi connectivity index (χ2v) is 5.91. The zero-order valence-electron chi connectivity index (χ0n) is 11.2. The van der Waals surface area contributed by atoms with Crippen LogP contribution < -0.4 is 5.01 Å². The van der Waals surface area contributed by atoms with Crippen LogP contribution in [0.3, 0.4) is 0 Å². The Kier molecular flexibility index (Phi) is 5.98. The first-order chi connectivity index (χ1) is 8.92. The van der Waals surface area contributed by atoms with Crippen molar-refractivity contribution in [3.8, 4) is 0 Å². The maximum atomic E-state index is 10.8. The summed E-state index contributed by atoms with van der Waals surface area (Å²) in [6.45, 7) is 1.89. The minimum Gasteiger partial charge on any atom is -0.286 e. The largest absolute Gasteiger partial charge is 0.286 e. The summed E-state index contributed by atoms with van der Waals surface area (Å²) in [4.78, 5) is 0. The van der Waals surface area contributed by atoms with Gasteiger partial charge in [-0.1, -0.05) is 31.5 Å². The molecule has 0 saturated heterocycles. The summed E-state index contributed by atoms with van der Waals surface area (Å²) in [5.41, 5.74) is 0.960. The first-order valence-corrected chi connectivity index (χ1v) is 7.79. The molecular weight excluding hydrogens is 264 g/mol. The molecule has 1 aromatic rings. The lowest BCUT2D eigenvalue weighted by atomic mass is 10.1. The van der Waals surface area contributed by atoms with Gasteiger partial charge in [-0.05, 0) is 24.5 Å². The molecule has 5 nitrogen and oxygen atoms in total. The van der Waals surface area contributed by atoms with Crippen molar-refractivity contribution < 1.29 is 13.0 Å². The second kappa shape index (κ2) is 7.25. The van der Waals surface area contributed by atoms with Gasteiger partial charge in [0.25, 0.3) is 10.1 Å². The minimum atomic E-state index is -3.91. The maximum absolute atomic E-state index is 10.8. The van der Waals surface area contributed by atoms with E-state index in [0.717, 1.165) is 5.69 Å². The van der Waals surface area contributed by atoms with E-state index >= 15 is 0 Å². The fourth-order valence-corrected chi connectivity index (χ4v) is 2.65. The number of hydrazone groups is 1. The highest BCUT2D eigenvalue weighted by Crippen LogP contribution is 2.12. The lowest BCUT2D eigenvalue weighted by Crippen LogP contribution is -2.16. The van der Waals surface area contributed by atoms with Crippen LogP contribution in [0, 0.1) is 5.92 Å². The molecule has 1 unspecified atom stereocenters. The van der Waals surface area contributed by atoms with Gasteiger partial charge in [0.05, 0.1) is 11.4 Å². The van der Waals surface area contributed by atoms with Gasteiger partial charge < -0.3 is 0 Å². The fraction of sp³-hybridized carbons (Fsp3) is 0.462. The van der Waals surface area contributed by atoms with Crippen molar-refractivity contribution in [2.45, 2.75) is 19.8 Å². The Morgan fingerprint density at radius 1 is 1.37 bits per heavy atom. The van der Waals surface area contributed by atoms with Gasteiger partial charge >= 0.3 is 0 Å². The molecule has 0 spiro atoms. The highest BCUT2D eigenvalue weighted by atomic mass is 32.2. The maximum Gasteiger partial charge on any atom is 0.265 e. The van der Waals surface area contributed by atoms with E-state index in [0.29, 0.717) is 12.8 Å². The van der Waals surface area contributed by atoms with Crippen LogP contribution >= 0.6 is 0 Å². The highest BCUT2D eigenvalue weighted by Gasteiger charge is 2.14.